The molecule has 10 N–H and O–H groups in total. The molecule has 114 heavy (non-hydrogen) atoms. The molecule has 2 unspecified atom stereocenters. The number of ketones is 1. The van der Waals surface area contributed by atoms with Crippen LogP contribution in [0.15, 0.2) is 122 Å². The van der Waals surface area contributed by atoms with Crippen LogP contribution in [-0.4, -0.2) is 141 Å². The van der Waals surface area contributed by atoms with E-state index in [1.165, 1.54) is 72.3 Å². The molecule has 6 heterocycles. The molecule has 0 saturated heterocycles. The lowest BCUT2D eigenvalue weighted by molar-refractivity contribution is -0.121. The van der Waals surface area contributed by atoms with Crippen molar-refractivity contribution < 1.29 is 23.9 Å². The van der Waals surface area contributed by atoms with E-state index in [0.29, 0.717) is 101 Å². The molecule has 28 heteroatoms. The van der Waals surface area contributed by atoms with Gasteiger partial charge in [-0.1, -0.05) is 48.0 Å². The Bertz CT molecular complexity index is 4810. The summed E-state index contributed by atoms with van der Waals surface area (Å²) in [6.07, 6.45) is 29.1. The highest BCUT2D eigenvalue weighted by atomic mass is 16.6. The SMILES string of the molecule is CN(c1nccc(Nc2cc(C3CC3)[nH]n2)n1)C1CCC(CC(=O)CC2Cc3ccc(C#N)cc3C2)CC1.CN(c1nccc(Nc2cc(C3CC3)[nH]n2)n1)C1CCC(N)CC1.CN(c1nccc(Nc2cc(C3CC3)[nH]n2)n1)C1CCC(NC(=O)OC(C)(C)C)CC1.[C-]#[N+]c1ccc2c(c1)CC(NC(=O)Oc1ccccc1)C2. The average Bonchev–Trinajstić information content (AvgIpc) is 1.62. The molecule has 8 aliphatic carbocycles. The fourth-order valence-corrected chi connectivity index (χ4v) is 16.2. The zero-order valence-corrected chi connectivity index (χ0v) is 66.2. The number of nitriles is 1. The van der Waals surface area contributed by atoms with Crippen LogP contribution in [0.4, 0.5) is 68.0 Å². The summed E-state index contributed by atoms with van der Waals surface area (Å²) in [5.41, 5.74) is 15.3. The van der Waals surface area contributed by atoms with E-state index >= 15 is 0 Å². The number of alkyl carbamates (subject to hydrolysis) is 1. The lowest BCUT2D eigenvalue weighted by atomic mass is 9.81. The van der Waals surface area contributed by atoms with Crippen molar-refractivity contribution in [2.45, 2.75) is 234 Å². The number of nitrogens with zero attached hydrogens (tertiary/aromatic N) is 14. The molecule has 0 bridgehead atoms. The van der Waals surface area contributed by atoms with Crippen molar-refractivity contribution in [2.24, 2.45) is 17.6 Å². The Balaban J connectivity index is 0.000000129. The Kier molecular flexibility index (Phi) is 25.4. The fourth-order valence-electron chi connectivity index (χ4n) is 16.2. The number of hydrogen-bond donors (Lipinski definition) is 9. The Morgan fingerprint density at radius 1 is 0.509 bits per heavy atom. The fraction of sp³-hybridized carbons (Fsp3) is 0.488. The summed E-state index contributed by atoms with van der Waals surface area (Å²) in [6, 6.07) is 36.3. The number of carbonyl (C=O) groups is 3. The Morgan fingerprint density at radius 3 is 1.43 bits per heavy atom. The zero-order valence-electron chi connectivity index (χ0n) is 66.2. The number of ether oxygens (including phenoxy) is 2. The van der Waals surface area contributed by atoms with E-state index in [-0.39, 0.29) is 18.2 Å². The summed E-state index contributed by atoms with van der Waals surface area (Å²) >= 11 is 0. The molecule has 8 aliphatic rings. The topological polar surface area (TPSA) is 357 Å². The van der Waals surface area contributed by atoms with Gasteiger partial charge in [0.25, 0.3) is 0 Å². The zero-order chi connectivity index (χ0) is 79.2. The highest BCUT2D eigenvalue weighted by Crippen LogP contribution is 2.43. The lowest BCUT2D eigenvalue weighted by Crippen LogP contribution is -2.44. The van der Waals surface area contributed by atoms with Gasteiger partial charge in [0.05, 0.1) is 18.2 Å². The number of carbonyl (C=O) groups excluding carboxylic acids is 3. The maximum absolute atomic E-state index is 12.9. The van der Waals surface area contributed by atoms with Gasteiger partial charge in [0, 0.05) is 142 Å². The number of aromatic amines is 3. The van der Waals surface area contributed by atoms with Gasteiger partial charge in [-0.05, 0) is 233 Å². The van der Waals surface area contributed by atoms with Gasteiger partial charge in [0.15, 0.2) is 23.1 Å². The van der Waals surface area contributed by atoms with Gasteiger partial charge in [-0.25, -0.2) is 29.4 Å². The van der Waals surface area contributed by atoms with Crippen molar-refractivity contribution in [3.8, 4) is 11.8 Å². The molecule has 9 aromatic rings. The third-order valence-corrected chi connectivity index (χ3v) is 23.0. The molecule has 0 spiro atoms. The highest BCUT2D eigenvalue weighted by molar-refractivity contribution is 5.79. The molecule has 17 rings (SSSR count). The highest BCUT2D eigenvalue weighted by Gasteiger charge is 2.34. The van der Waals surface area contributed by atoms with Crippen LogP contribution >= 0.6 is 0 Å². The maximum Gasteiger partial charge on any atom is 0.412 e. The van der Waals surface area contributed by atoms with Crippen LogP contribution in [-0.2, 0) is 35.2 Å². The van der Waals surface area contributed by atoms with Gasteiger partial charge in [0.1, 0.15) is 34.6 Å². The van der Waals surface area contributed by atoms with Gasteiger partial charge >= 0.3 is 12.2 Å². The Morgan fingerprint density at radius 2 is 0.947 bits per heavy atom. The number of nitrogens with one attached hydrogen (secondary N) is 8. The second-order valence-electron chi connectivity index (χ2n) is 33.1. The van der Waals surface area contributed by atoms with Crippen LogP contribution in [0, 0.1) is 29.7 Å². The molecule has 28 nitrogen and oxygen atoms in total. The number of rotatable bonds is 22. The monoisotopic (exact) mass is 1540 g/mol. The number of H-pyrrole nitrogens is 3. The minimum Gasteiger partial charge on any atom is -0.444 e. The number of fused-ring (bicyclic) bond motifs is 2. The van der Waals surface area contributed by atoms with Gasteiger partial charge in [0.2, 0.25) is 17.8 Å². The second kappa shape index (κ2) is 36.5. The summed E-state index contributed by atoms with van der Waals surface area (Å²) in [4.78, 5) is 74.2. The predicted molar refractivity (Wildman–Crippen MR) is 440 cm³/mol. The number of aromatic nitrogens is 12. The largest absolute Gasteiger partial charge is 0.444 e. The van der Waals surface area contributed by atoms with Crippen molar-refractivity contribution in [2.75, 3.05) is 51.8 Å². The number of hydrogen-bond acceptors (Lipinski definition) is 22. The number of nitrogens with two attached hydrogens (primary N) is 1. The summed E-state index contributed by atoms with van der Waals surface area (Å²) in [6.45, 7) is 12.7. The Hall–Kier alpha value is -11.5. The minimum absolute atomic E-state index is 0.0252. The first-order valence-corrected chi connectivity index (χ1v) is 40.7. The van der Waals surface area contributed by atoms with Gasteiger partial charge < -0.3 is 56.5 Å². The molecule has 596 valence electrons. The van der Waals surface area contributed by atoms with Crippen LogP contribution in [0.25, 0.3) is 4.85 Å². The van der Waals surface area contributed by atoms with E-state index in [4.69, 9.17) is 32.0 Å². The first-order valence-electron chi connectivity index (χ1n) is 40.7. The normalized spacial score (nSPS) is 21.3. The second-order valence-corrected chi connectivity index (χ2v) is 33.1. The third-order valence-electron chi connectivity index (χ3n) is 23.0. The molecule has 0 radical (unpaired) electrons. The first-order chi connectivity index (χ1) is 55.2. The smallest absolute Gasteiger partial charge is 0.412 e. The van der Waals surface area contributed by atoms with Crippen LogP contribution in [0.3, 0.4) is 0 Å². The maximum atomic E-state index is 12.9. The van der Waals surface area contributed by atoms with Crippen LogP contribution in [0.5, 0.6) is 5.75 Å². The standard InChI is InChI=1S/C30H35N7O.C22H33N7O2.C17H25N7.C17H14N2O2/c1-37(30-32-11-10-28(34-30)33-29-17-27(35-36-29)22-6-7-22)25-8-3-19(4-9-25)15-26(38)16-21-13-23-5-2-20(18-31)12-24(23)14-21;1-22(2,3)31-21(30)24-15-7-9-16(10-8-15)29(4)20-23-12-11-18(26-20)25-19-13-17(27-28-19)14-5-6-14;1-24(13-6-4-12(18)5-7-13)17-19-9-8-15(21-17)20-16-10-14(22-23-16)11-2-3-11;1-18-14-8-7-12-9-15(11-13(12)10-14)19-17(20)21-16-5-3-2-4-6-16/h2,5,10-12,17,19,21-22,25H,3-4,6-9,13-16H2,1H3,(H2,32,33,34,35,36);11-16H,5-10H2,1-4H3,(H,24,30)(H2,23,25,26,27,28);8-13H,2-7,18H2,1H3,(H2,19,20,21,22,23);2-8,10,15H,9,11H2,(H,19,20). The van der Waals surface area contributed by atoms with Crippen molar-refractivity contribution in [3.63, 3.8) is 0 Å². The van der Waals surface area contributed by atoms with Crippen molar-refractivity contribution >= 4 is 76.4 Å². The Labute approximate surface area is 667 Å². The van der Waals surface area contributed by atoms with Crippen LogP contribution in [0.1, 0.15) is 212 Å². The minimum atomic E-state index is -0.479. The van der Waals surface area contributed by atoms with Gasteiger partial charge in [-0.15, -0.1) is 0 Å². The quantitative estimate of drug-likeness (QED) is 0.0285. The first kappa shape index (κ1) is 79.1. The van der Waals surface area contributed by atoms with Crippen molar-refractivity contribution in [1.29, 1.82) is 5.26 Å². The number of para-hydroxylation sites is 1. The molecule has 2 amide bonds. The summed E-state index contributed by atoms with van der Waals surface area (Å²) in [5.74, 6) is 10.5. The molecule has 0 aliphatic heterocycles. The molecule has 6 saturated carbocycles. The number of anilines is 9. The van der Waals surface area contributed by atoms with Crippen LogP contribution < -0.4 is 51.8 Å². The third kappa shape index (κ3) is 22.2. The van der Waals surface area contributed by atoms with Gasteiger partial charge in [-0.3, -0.25) is 20.1 Å². The van der Waals surface area contributed by atoms with Crippen molar-refractivity contribution in [3.05, 3.63) is 178 Å². The van der Waals surface area contributed by atoms with Crippen LogP contribution in [0.2, 0.25) is 0 Å². The molecular weight excluding hydrogens is 1440 g/mol. The van der Waals surface area contributed by atoms with E-state index in [1.807, 2.05) is 94.5 Å². The van der Waals surface area contributed by atoms with Crippen molar-refractivity contribution in [1.82, 2.24) is 71.1 Å². The lowest BCUT2D eigenvalue weighted by Gasteiger charge is -2.35. The number of amides is 2. The van der Waals surface area contributed by atoms with Gasteiger partial charge in [-0.2, -0.15) is 35.5 Å². The molecular formula is C86H107N23O5. The number of benzene rings is 3. The predicted octanol–water partition coefficient (Wildman–Crippen LogP) is 15.6. The van der Waals surface area contributed by atoms with E-state index < -0.39 is 11.7 Å². The molecule has 6 fully saturated rings. The van der Waals surface area contributed by atoms with E-state index in [9.17, 15) is 14.4 Å². The van der Waals surface area contributed by atoms with E-state index in [0.717, 1.165) is 149 Å². The van der Waals surface area contributed by atoms with E-state index in [2.05, 4.69) is 146 Å². The summed E-state index contributed by atoms with van der Waals surface area (Å²) < 4.78 is 10.6. The average molecular weight is 1540 g/mol. The molecule has 2 atom stereocenters. The van der Waals surface area contributed by atoms with E-state index in [1.54, 1.807) is 30.7 Å². The molecule has 3 aromatic carbocycles. The molecule has 6 aromatic heterocycles. The number of Topliss-reactive ketones (excluding diaryl/α,β-unsaturated/α-hetero) is 1. The summed E-state index contributed by atoms with van der Waals surface area (Å²) in [5, 5.41) is 47.2. The summed E-state index contributed by atoms with van der Waals surface area (Å²) in [7, 11) is 6.18.